The van der Waals surface area contributed by atoms with Crippen LogP contribution in [0.3, 0.4) is 0 Å². The number of rotatable bonds is 23. The maximum atomic E-state index is 14.5. The third-order valence-corrected chi connectivity index (χ3v) is 20.5. The predicted octanol–water partition coefficient (Wildman–Crippen LogP) is 4.35. The molecule has 0 bridgehead atoms. The van der Waals surface area contributed by atoms with Crippen molar-refractivity contribution in [1.82, 2.24) is 16.1 Å². The summed E-state index contributed by atoms with van der Waals surface area (Å²) in [5, 5.41) is 62.9. The lowest BCUT2D eigenvalue weighted by Gasteiger charge is -2.46. The minimum Gasteiger partial charge on any atom is -0.492 e. The molecule has 0 aromatic heterocycles. The molecule has 4 saturated heterocycles. The monoisotopic (exact) mass is 1390 g/mol. The lowest BCUT2D eigenvalue weighted by molar-refractivity contribution is -0.336. The highest BCUT2D eigenvalue weighted by Crippen LogP contribution is 2.49. The molecule has 4 heterocycles. The van der Waals surface area contributed by atoms with Gasteiger partial charge >= 0.3 is 6.09 Å². The van der Waals surface area contributed by atoms with Gasteiger partial charge in [-0.05, 0) is 94.0 Å². The number of halogens is 1. The second-order valence-electron chi connectivity index (χ2n) is 21.5. The molecule has 1 amide bonds. The van der Waals surface area contributed by atoms with Crippen LogP contribution >= 0.6 is 55.9 Å². The first-order chi connectivity index (χ1) is 41.4. The van der Waals surface area contributed by atoms with Crippen LogP contribution < -0.4 is 30.3 Å². The lowest BCUT2D eigenvalue weighted by Crippen LogP contribution is -2.65. The van der Waals surface area contributed by atoms with E-state index in [1.54, 1.807) is 58.6 Å². The highest BCUT2D eigenvalue weighted by atomic mass is 127. The number of carbonyl (C=O) groups is 3. The maximum Gasteiger partial charge on any atom is 0.411 e. The van der Waals surface area contributed by atoms with Crippen LogP contribution in [-0.4, -0.2) is 217 Å². The molecule has 87 heavy (non-hydrogen) atoms. The zero-order valence-electron chi connectivity index (χ0n) is 51.3. The SMILES string of the molecule is CC#C/C=C\C#C[C@H](O[C@@H]1O[C@H](C)[C@@H](NO[C@H]2C[C@H](O)[C@H](SC(=O)c3c(C)c(I)c(O[C@@H]4O[C@@H](C)[C@H](O)[C@@H](OC)[C@H]4O)c(OC)c3OC)[C@@H](C)O2)[C@H](O)[C@H]1O[C@H]1C[C@H](OC)[C@@H](NCC)CO1)C1=C(NC(=O)OC)C(=O)C[C@](C)(O)/C1=C/CSSC(C)C. The molecule has 0 spiro atoms. The molecule has 0 saturated carbocycles. The van der Waals surface area contributed by atoms with Gasteiger partial charge in [0.05, 0.1) is 96.2 Å². The van der Waals surface area contributed by atoms with Crippen molar-refractivity contribution >= 4 is 72.9 Å². The second kappa shape index (κ2) is 33.9. The summed E-state index contributed by atoms with van der Waals surface area (Å²) < 4.78 is 72.8. The third-order valence-electron chi connectivity index (χ3n) is 15.0. The number of hydrogen-bond acceptors (Lipinski definition) is 26. The summed E-state index contributed by atoms with van der Waals surface area (Å²) in [5.41, 5.74) is 1.73. The number of Topliss-reactive ketones (excluding diaryl/α,β-unsaturated/α-hetero) is 1. The van der Waals surface area contributed by atoms with E-state index in [0.717, 1.165) is 18.9 Å². The van der Waals surface area contributed by atoms with Crippen LogP contribution in [0.2, 0.25) is 0 Å². The second-order valence-corrected chi connectivity index (χ2v) is 26.7. The fraction of sp³-hybridized carbons (Fsp3) is 0.678. The smallest absolute Gasteiger partial charge is 0.411 e. The molecular formula is C59H84IN3O21S3. The van der Waals surface area contributed by atoms with E-state index in [1.165, 1.54) is 51.2 Å². The molecule has 1 aromatic rings. The minimum atomic E-state index is -1.78. The summed E-state index contributed by atoms with van der Waals surface area (Å²) in [6, 6.07) is -1.28. The molecule has 4 aliphatic heterocycles. The van der Waals surface area contributed by atoms with E-state index in [1.807, 2.05) is 43.4 Å². The molecule has 0 unspecified atom stereocenters. The zero-order chi connectivity index (χ0) is 64.0. The average Bonchev–Trinajstić information content (AvgIpc) is 0.903. The fourth-order valence-corrected chi connectivity index (χ4v) is 14.2. The molecule has 28 heteroatoms. The van der Waals surface area contributed by atoms with Crippen LogP contribution in [0, 0.1) is 34.2 Å². The number of ketones is 1. The summed E-state index contributed by atoms with van der Waals surface area (Å²) in [4.78, 5) is 47.7. The Morgan fingerprint density at radius 1 is 0.885 bits per heavy atom. The summed E-state index contributed by atoms with van der Waals surface area (Å²) >= 11 is 2.83. The standard InChI is InChI=1S/C59H84IN3O21S3/c1-15-17-18-19-20-21-37(42-33(22-23-85-87-28(3)4)59(9,71)26-36(65)45(42)62-58(70)76-14)81-57-52(82-39-25-38(72-10)34(27-77-39)61-16-2)47(67)44(30(6)79-57)63-84-40-24-35(64)54(32(8)78-40)86-55(69)41-29(5)43(60)50(53(75-13)49(41)73-11)83-56-48(68)51(74-12)46(66)31(7)80-56/h18-19,22,28,30-32,34-35,37-40,44,46-48,51-52,54,56-57,61,63-64,66-68,71H,16,23-27H2,1-14H3,(H,62,70)/b19-18-,33-22+/t30-,31+,32-,34+,35+,37+,38+,39+,40+,44-,46+,47+,48-,51-,52-,54-,56+,57+,59+/m1/s1. The molecule has 486 valence electrons. The van der Waals surface area contributed by atoms with E-state index in [2.05, 4.69) is 39.8 Å². The van der Waals surface area contributed by atoms with E-state index in [4.69, 9.17) is 61.7 Å². The Labute approximate surface area is 534 Å². The van der Waals surface area contributed by atoms with E-state index in [0.29, 0.717) is 21.4 Å². The molecule has 24 nitrogen and oxygen atoms in total. The Morgan fingerprint density at radius 3 is 2.22 bits per heavy atom. The van der Waals surface area contributed by atoms with Crippen molar-refractivity contribution in [3.05, 3.63) is 49.8 Å². The first-order valence-electron chi connectivity index (χ1n) is 28.4. The Morgan fingerprint density at radius 2 is 1.59 bits per heavy atom. The molecular weight excluding hydrogens is 1310 g/mol. The van der Waals surface area contributed by atoms with Crippen LogP contribution in [0.25, 0.3) is 0 Å². The minimum absolute atomic E-state index is 0.0199. The van der Waals surface area contributed by atoms with Gasteiger partial charge in [-0.3, -0.25) is 19.7 Å². The molecule has 8 N–H and O–H groups in total. The first-order valence-corrected chi connectivity index (χ1v) is 32.8. The number of aliphatic hydroxyl groups excluding tert-OH is 4. The van der Waals surface area contributed by atoms with Crippen molar-refractivity contribution in [2.24, 2.45) is 0 Å². The quantitative estimate of drug-likeness (QED) is 0.0248. The highest BCUT2D eigenvalue weighted by Gasteiger charge is 2.52. The number of alkyl carbamates (subject to hydrolysis) is 1. The summed E-state index contributed by atoms with van der Waals surface area (Å²) in [7, 11) is 9.93. The van der Waals surface area contributed by atoms with Gasteiger partial charge in [0.15, 0.2) is 36.2 Å². The Balaban J connectivity index is 1.27. The molecule has 4 fully saturated rings. The topological polar surface area (TPSA) is 308 Å². The first kappa shape index (κ1) is 72.8. The molecule has 1 aliphatic carbocycles. The molecule has 1 aromatic carbocycles. The van der Waals surface area contributed by atoms with Crippen molar-refractivity contribution in [3.63, 3.8) is 0 Å². The number of benzene rings is 1. The van der Waals surface area contributed by atoms with Crippen molar-refractivity contribution < 1.29 is 102 Å². The number of likely N-dealkylation sites (N-methyl/N-ethyl adjacent to an activating group) is 1. The number of thioether (sulfide) groups is 1. The van der Waals surface area contributed by atoms with Gasteiger partial charge in [-0.1, -0.05) is 78.0 Å². The van der Waals surface area contributed by atoms with Crippen LogP contribution in [0.4, 0.5) is 4.79 Å². The van der Waals surface area contributed by atoms with Crippen molar-refractivity contribution in [1.29, 1.82) is 0 Å². The van der Waals surface area contributed by atoms with Crippen LogP contribution in [0.5, 0.6) is 17.2 Å². The molecule has 0 radical (unpaired) electrons. The van der Waals surface area contributed by atoms with Gasteiger partial charge in [-0.15, -0.1) is 5.92 Å². The third kappa shape index (κ3) is 18.1. The number of aliphatic hydroxyl groups is 5. The number of nitrogens with one attached hydrogen (secondary N) is 3. The summed E-state index contributed by atoms with van der Waals surface area (Å²) in [6.45, 7) is 16.6. The Kier molecular flexibility index (Phi) is 28.3. The van der Waals surface area contributed by atoms with E-state index >= 15 is 0 Å². The van der Waals surface area contributed by atoms with Gasteiger partial charge in [0.1, 0.15) is 36.6 Å². The number of methoxy groups -OCH3 is 5. The predicted molar refractivity (Wildman–Crippen MR) is 333 cm³/mol. The maximum absolute atomic E-state index is 14.5. The number of hydrogen-bond donors (Lipinski definition) is 8. The van der Waals surface area contributed by atoms with Crippen molar-refractivity contribution in [2.75, 3.05) is 54.5 Å². The average molecular weight is 1390 g/mol. The number of hydroxylamine groups is 1. The molecule has 5 aliphatic rings. The van der Waals surface area contributed by atoms with Crippen LogP contribution in [0.15, 0.2) is 35.1 Å². The zero-order valence-corrected chi connectivity index (χ0v) is 55.9. The highest BCUT2D eigenvalue weighted by molar-refractivity contribution is 14.1. The van der Waals surface area contributed by atoms with Gasteiger partial charge in [0.25, 0.3) is 0 Å². The molecule has 19 atom stereocenters. The summed E-state index contributed by atoms with van der Waals surface area (Å²) in [5.74, 6) is 11.5. The largest absolute Gasteiger partial charge is 0.492 e. The van der Waals surface area contributed by atoms with E-state index in [-0.39, 0.29) is 76.5 Å². The van der Waals surface area contributed by atoms with E-state index in [9.17, 15) is 39.9 Å². The number of ether oxygens (including phenoxy) is 12. The summed E-state index contributed by atoms with van der Waals surface area (Å²) in [6.07, 6.45) is -13.6. The van der Waals surface area contributed by atoms with Gasteiger partial charge in [0.2, 0.25) is 17.2 Å². The van der Waals surface area contributed by atoms with Gasteiger partial charge in [-0.25, -0.2) is 4.79 Å². The van der Waals surface area contributed by atoms with Gasteiger partial charge < -0.3 is 87.7 Å². The molecule has 6 rings (SSSR count). The number of carbonyl (C=O) groups excluding carboxylic acids is 3. The lowest BCUT2D eigenvalue weighted by atomic mass is 9.76. The number of amides is 1. The van der Waals surface area contributed by atoms with Gasteiger partial charge in [-0.2, -0.15) is 5.48 Å². The van der Waals surface area contributed by atoms with Gasteiger partial charge in [0, 0.05) is 50.1 Å². The number of allylic oxidation sites excluding steroid dienone is 3. The normalized spacial score (nSPS) is 33.8. The Bertz CT molecular complexity index is 2740. The van der Waals surface area contributed by atoms with Crippen LogP contribution in [0.1, 0.15) is 90.6 Å². The van der Waals surface area contributed by atoms with Crippen molar-refractivity contribution in [2.45, 2.75) is 202 Å². The van der Waals surface area contributed by atoms with Crippen LogP contribution in [-0.2, 0) is 52.3 Å². The van der Waals surface area contributed by atoms with Crippen molar-refractivity contribution in [3.8, 4) is 40.9 Å². The van der Waals surface area contributed by atoms with E-state index < -0.39 is 127 Å². The Hall–Kier alpha value is -3.29. The fourth-order valence-electron chi connectivity index (χ4n) is 10.6.